The first kappa shape index (κ1) is 12.8. The molecule has 1 atom stereocenters. The number of rotatable bonds is 2. The summed E-state index contributed by atoms with van der Waals surface area (Å²) in [6.07, 6.45) is -1.98. The van der Waals surface area contributed by atoms with E-state index in [1.54, 1.807) is 23.9 Å². The van der Waals surface area contributed by atoms with Crippen LogP contribution >= 0.6 is 11.8 Å². The molecule has 1 N–H and O–H groups in total. The minimum absolute atomic E-state index is 0.473. The van der Waals surface area contributed by atoms with E-state index in [1.807, 2.05) is 0 Å². The highest BCUT2D eigenvalue weighted by Gasteiger charge is 2.30. The summed E-state index contributed by atoms with van der Waals surface area (Å²) < 4.78 is 37.1. The van der Waals surface area contributed by atoms with Crippen molar-refractivity contribution in [3.05, 3.63) is 29.8 Å². The zero-order valence-electron chi connectivity index (χ0n) is 9.26. The molecule has 0 radical (unpaired) electrons. The van der Waals surface area contributed by atoms with Crippen molar-refractivity contribution in [2.75, 3.05) is 13.1 Å². The summed E-state index contributed by atoms with van der Waals surface area (Å²) >= 11 is 1.65. The third kappa shape index (κ3) is 3.64. The van der Waals surface area contributed by atoms with Gasteiger partial charge in [-0.15, -0.1) is 11.8 Å². The lowest BCUT2D eigenvalue weighted by Gasteiger charge is -2.22. The van der Waals surface area contributed by atoms with Gasteiger partial charge in [0.05, 0.1) is 5.56 Å². The van der Waals surface area contributed by atoms with Gasteiger partial charge < -0.3 is 5.32 Å². The van der Waals surface area contributed by atoms with Gasteiger partial charge >= 0.3 is 6.18 Å². The molecule has 0 aliphatic carbocycles. The fraction of sp³-hybridized carbons (Fsp3) is 0.500. The number of piperidine rings is 1. The Labute approximate surface area is 103 Å². The van der Waals surface area contributed by atoms with Crippen LogP contribution in [-0.4, -0.2) is 18.3 Å². The molecule has 0 saturated carbocycles. The van der Waals surface area contributed by atoms with Crippen LogP contribution in [0.4, 0.5) is 13.2 Å². The van der Waals surface area contributed by atoms with Crippen molar-refractivity contribution < 1.29 is 13.2 Å². The molecule has 1 heterocycles. The molecule has 1 aliphatic heterocycles. The van der Waals surface area contributed by atoms with Gasteiger partial charge in [-0.25, -0.2) is 0 Å². The van der Waals surface area contributed by atoms with Crippen LogP contribution < -0.4 is 5.32 Å². The number of nitrogens with one attached hydrogen (secondary N) is 1. The SMILES string of the molecule is FC(F)(F)c1ccc(SC2CCCNC2)cc1. The van der Waals surface area contributed by atoms with Gasteiger partial charge in [-0.2, -0.15) is 13.2 Å². The molecule has 0 spiro atoms. The standard InChI is InChI=1S/C12H14F3NS/c13-12(14,15)9-3-5-10(6-4-9)17-11-2-1-7-16-8-11/h3-6,11,16H,1-2,7-8H2. The first-order chi connectivity index (χ1) is 8.05. The van der Waals surface area contributed by atoms with Crippen molar-refractivity contribution in [1.82, 2.24) is 5.32 Å². The van der Waals surface area contributed by atoms with Gasteiger partial charge in [0.2, 0.25) is 0 Å². The molecule has 1 saturated heterocycles. The average Bonchev–Trinajstić information content (AvgIpc) is 2.30. The molecule has 1 nitrogen and oxygen atoms in total. The largest absolute Gasteiger partial charge is 0.416 e. The molecule has 1 aromatic carbocycles. The fourth-order valence-corrected chi connectivity index (χ4v) is 3.00. The van der Waals surface area contributed by atoms with Crippen molar-refractivity contribution >= 4 is 11.8 Å². The zero-order valence-corrected chi connectivity index (χ0v) is 10.1. The number of thioether (sulfide) groups is 1. The molecule has 5 heteroatoms. The molecule has 1 fully saturated rings. The summed E-state index contributed by atoms with van der Waals surface area (Å²) in [6.45, 7) is 1.98. The lowest BCUT2D eigenvalue weighted by molar-refractivity contribution is -0.137. The van der Waals surface area contributed by atoms with Gasteiger partial charge in [0.25, 0.3) is 0 Å². The van der Waals surface area contributed by atoms with Crippen molar-refractivity contribution in [1.29, 1.82) is 0 Å². The minimum Gasteiger partial charge on any atom is -0.316 e. The lowest BCUT2D eigenvalue weighted by atomic mass is 10.2. The van der Waals surface area contributed by atoms with Crippen LogP contribution in [0.15, 0.2) is 29.2 Å². The Kier molecular flexibility index (Phi) is 3.99. The van der Waals surface area contributed by atoms with Crippen molar-refractivity contribution in [2.45, 2.75) is 29.2 Å². The van der Waals surface area contributed by atoms with Crippen LogP contribution in [0.1, 0.15) is 18.4 Å². The number of hydrogen-bond donors (Lipinski definition) is 1. The van der Waals surface area contributed by atoms with E-state index >= 15 is 0 Å². The molecule has 1 unspecified atom stereocenters. The summed E-state index contributed by atoms with van der Waals surface area (Å²) in [5, 5.41) is 3.76. The van der Waals surface area contributed by atoms with E-state index < -0.39 is 11.7 Å². The third-order valence-electron chi connectivity index (χ3n) is 2.74. The van der Waals surface area contributed by atoms with E-state index in [-0.39, 0.29) is 0 Å². The first-order valence-corrected chi connectivity index (χ1v) is 6.48. The van der Waals surface area contributed by atoms with E-state index in [9.17, 15) is 13.2 Å². The second-order valence-electron chi connectivity index (χ2n) is 4.11. The maximum atomic E-state index is 12.4. The Morgan fingerprint density at radius 2 is 1.88 bits per heavy atom. The highest BCUT2D eigenvalue weighted by Crippen LogP contribution is 2.32. The Bertz CT molecular complexity index is 355. The Hall–Kier alpha value is -0.680. The van der Waals surface area contributed by atoms with E-state index in [0.29, 0.717) is 5.25 Å². The van der Waals surface area contributed by atoms with E-state index in [4.69, 9.17) is 0 Å². The first-order valence-electron chi connectivity index (χ1n) is 5.60. The number of halogens is 3. The average molecular weight is 261 g/mol. The van der Waals surface area contributed by atoms with Crippen molar-refractivity contribution in [2.24, 2.45) is 0 Å². The molecule has 17 heavy (non-hydrogen) atoms. The van der Waals surface area contributed by atoms with Crippen LogP contribution in [0, 0.1) is 0 Å². The van der Waals surface area contributed by atoms with E-state index in [1.165, 1.54) is 0 Å². The summed E-state index contributed by atoms with van der Waals surface area (Å²) in [5.74, 6) is 0. The molecular weight excluding hydrogens is 247 g/mol. The highest BCUT2D eigenvalue weighted by molar-refractivity contribution is 8.00. The molecule has 94 valence electrons. The minimum atomic E-state index is -4.24. The number of benzene rings is 1. The van der Waals surface area contributed by atoms with Crippen LogP contribution in [0.25, 0.3) is 0 Å². The Morgan fingerprint density at radius 1 is 1.18 bits per heavy atom. The van der Waals surface area contributed by atoms with Gasteiger partial charge in [-0.3, -0.25) is 0 Å². The quantitative estimate of drug-likeness (QED) is 0.873. The van der Waals surface area contributed by atoms with Crippen molar-refractivity contribution in [3.8, 4) is 0 Å². The van der Waals surface area contributed by atoms with E-state index in [0.717, 1.165) is 43.0 Å². The Morgan fingerprint density at radius 3 is 2.41 bits per heavy atom. The van der Waals surface area contributed by atoms with Crippen LogP contribution in [0.3, 0.4) is 0 Å². The second-order valence-corrected chi connectivity index (χ2v) is 5.48. The summed E-state index contributed by atoms with van der Waals surface area (Å²) in [7, 11) is 0. The van der Waals surface area contributed by atoms with Gasteiger partial charge in [0.15, 0.2) is 0 Å². The summed E-state index contributed by atoms with van der Waals surface area (Å²) in [4.78, 5) is 0.909. The fourth-order valence-electron chi connectivity index (χ4n) is 1.84. The van der Waals surface area contributed by atoms with Gasteiger partial charge in [0.1, 0.15) is 0 Å². The summed E-state index contributed by atoms with van der Waals surface area (Å²) in [6, 6.07) is 5.42. The normalized spacial score (nSPS) is 21.5. The van der Waals surface area contributed by atoms with Gasteiger partial charge in [-0.1, -0.05) is 0 Å². The molecule has 1 aromatic rings. The maximum absolute atomic E-state index is 12.4. The Balaban J connectivity index is 1.98. The molecule has 0 aromatic heterocycles. The van der Waals surface area contributed by atoms with Crippen LogP contribution in [0.2, 0.25) is 0 Å². The number of hydrogen-bond acceptors (Lipinski definition) is 2. The van der Waals surface area contributed by atoms with Crippen LogP contribution in [0.5, 0.6) is 0 Å². The lowest BCUT2D eigenvalue weighted by Crippen LogP contribution is -2.31. The van der Waals surface area contributed by atoms with Gasteiger partial charge in [0, 0.05) is 16.7 Å². The summed E-state index contributed by atoms with van der Waals surface area (Å²) in [5.41, 5.74) is -0.580. The molecule has 2 rings (SSSR count). The zero-order chi connectivity index (χ0) is 12.3. The van der Waals surface area contributed by atoms with E-state index in [2.05, 4.69) is 5.32 Å². The third-order valence-corrected chi connectivity index (χ3v) is 4.02. The molecule has 0 bridgehead atoms. The van der Waals surface area contributed by atoms with Crippen molar-refractivity contribution in [3.63, 3.8) is 0 Å². The predicted octanol–water partition coefficient (Wildman–Crippen LogP) is 3.55. The molecular formula is C12H14F3NS. The smallest absolute Gasteiger partial charge is 0.316 e. The van der Waals surface area contributed by atoms with Gasteiger partial charge in [-0.05, 0) is 43.7 Å². The predicted molar refractivity (Wildman–Crippen MR) is 63.2 cm³/mol. The number of alkyl halides is 3. The topological polar surface area (TPSA) is 12.0 Å². The molecule has 0 amide bonds. The molecule has 1 aliphatic rings. The van der Waals surface area contributed by atoms with Crippen LogP contribution in [-0.2, 0) is 6.18 Å². The highest BCUT2D eigenvalue weighted by atomic mass is 32.2. The monoisotopic (exact) mass is 261 g/mol. The maximum Gasteiger partial charge on any atom is 0.416 e. The second kappa shape index (κ2) is 5.31.